The Morgan fingerprint density at radius 1 is 1.04 bits per heavy atom. The molecule has 0 saturated heterocycles. The standard InChI is InChI=1S/C21H23N3O3/c1-14(2)19-13-20(24(3)23-19)21(25)22-15-8-10-16(11-9-15)27-18-7-5-6-17(12-18)26-4/h5-14H,1-4H3,(H,22,25). The average Bonchev–Trinajstić information content (AvgIpc) is 3.06. The summed E-state index contributed by atoms with van der Waals surface area (Å²) in [5.74, 6) is 2.16. The topological polar surface area (TPSA) is 65.4 Å². The second kappa shape index (κ2) is 7.95. The maximum Gasteiger partial charge on any atom is 0.273 e. The Balaban J connectivity index is 1.67. The molecule has 140 valence electrons. The van der Waals surface area contributed by atoms with Crippen molar-refractivity contribution >= 4 is 11.6 Å². The maximum absolute atomic E-state index is 12.5. The number of carbonyl (C=O) groups is 1. The van der Waals surface area contributed by atoms with Gasteiger partial charge in [0.05, 0.1) is 12.8 Å². The van der Waals surface area contributed by atoms with Crippen molar-refractivity contribution in [3.8, 4) is 17.2 Å². The van der Waals surface area contributed by atoms with Crippen LogP contribution in [0.4, 0.5) is 5.69 Å². The number of anilines is 1. The zero-order valence-electron chi connectivity index (χ0n) is 15.9. The molecule has 27 heavy (non-hydrogen) atoms. The highest BCUT2D eigenvalue weighted by Crippen LogP contribution is 2.26. The molecular formula is C21H23N3O3. The SMILES string of the molecule is COc1cccc(Oc2ccc(NC(=O)c3cc(C(C)C)nn3C)cc2)c1. The average molecular weight is 365 g/mol. The molecule has 0 unspecified atom stereocenters. The van der Waals surface area contributed by atoms with E-state index < -0.39 is 0 Å². The van der Waals surface area contributed by atoms with Crippen molar-refractivity contribution in [2.75, 3.05) is 12.4 Å². The second-order valence-corrected chi connectivity index (χ2v) is 6.49. The van der Waals surface area contributed by atoms with Crippen LogP contribution < -0.4 is 14.8 Å². The Labute approximate surface area is 158 Å². The number of carbonyl (C=O) groups excluding carboxylic acids is 1. The summed E-state index contributed by atoms with van der Waals surface area (Å²) in [4.78, 5) is 12.5. The molecule has 0 saturated carbocycles. The smallest absolute Gasteiger partial charge is 0.273 e. The number of hydrogen-bond acceptors (Lipinski definition) is 4. The number of amides is 1. The van der Waals surface area contributed by atoms with Gasteiger partial charge < -0.3 is 14.8 Å². The van der Waals surface area contributed by atoms with E-state index in [1.54, 1.807) is 43.1 Å². The lowest BCUT2D eigenvalue weighted by molar-refractivity contribution is 0.101. The van der Waals surface area contributed by atoms with Crippen LogP contribution >= 0.6 is 0 Å². The van der Waals surface area contributed by atoms with E-state index in [1.807, 2.05) is 44.2 Å². The first-order chi connectivity index (χ1) is 13.0. The van der Waals surface area contributed by atoms with Crippen LogP contribution in [0.25, 0.3) is 0 Å². The molecule has 2 aromatic carbocycles. The first-order valence-electron chi connectivity index (χ1n) is 8.73. The van der Waals surface area contributed by atoms with Crippen molar-refractivity contribution in [3.05, 3.63) is 66.0 Å². The van der Waals surface area contributed by atoms with Gasteiger partial charge in [0.1, 0.15) is 22.9 Å². The third-order valence-corrected chi connectivity index (χ3v) is 4.11. The molecule has 0 fully saturated rings. The predicted molar refractivity (Wildman–Crippen MR) is 105 cm³/mol. The van der Waals surface area contributed by atoms with E-state index in [9.17, 15) is 4.79 Å². The molecule has 6 nitrogen and oxygen atoms in total. The second-order valence-electron chi connectivity index (χ2n) is 6.49. The molecule has 3 aromatic rings. The van der Waals surface area contributed by atoms with Gasteiger partial charge in [0.15, 0.2) is 0 Å². The van der Waals surface area contributed by atoms with Crippen molar-refractivity contribution in [2.45, 2.75) is 19.8 Å². The summed E-state index contributed by atoms with van der Waals surface area (Å²) < 4.78 is 12.6. The molecule has 1 aromatic heterocycles. The minimum absolute atomic E-state index is 0.196. The number of hydrogen-bond donors (Lipinski definition) is 1. The summed E-state index contributed by atoms with van der Waals surface area (Å²) in [6, 6.07) is 16.4. The van der Waals surface area contributed by atoms with E-state index in [0.717, 1.165) is 11.4 Å². The Hall–Kier alpha value is -3.28. The van der Waals surface area contributed by atoms with Gasteiger partial charge in [-0.25, -0.2) is 0 Å². The van der Waals surface area contributed by atoms with Crippen LogP contribution in [0.1, 0.15) is 35.9 Å². The van der Waals surface area contributed by atoms with E-state index >= 15 is 0 Å². The minimum Gasteiger partial charge on any atom is -0.497 e. The molecular weight excluding hydrogens is 342 g/mol. The molecule has 0 spiro atoms. The first kappa shape index (κ1) is 18.5. The molecule has 0 bridgehead atoms. The van der Waals surface area contributed by atoms with Crippen LogP contribution in [0, 0.1) is 0 Å². The van der Waals surface area contributed by atoms with Crippen LogP contribution in [0.5, 0.6) is 17.2 Å². The van der Waals surface area contributed by atoms with Crippen LogP contribution in [-0.2, 0) is 7.05 Å². The van der Waals surface area contributed by atoms with Crippen LogP contribution in [0.15, 0.2) is 54.6 Å². The molecule has 0 aliphatic rings. The molecule has 1 heterocycles. The van der Waals surface area contributed by atoms with Crippen molar-refractivity contribution in [1.29, 1.82) is 0 Å². The van der Waals surface area contributed by atoms with E-state index in [0.29, 0.717) is 22.9 Å². The number of nitrogens with zero attached hydrogens (tertiary/aromatic N) is 2. The zero-order valence-corrected chi connectivity index (χ0v) is 15.9. The first-order valence-corrected chi connectivity index (χ1v) is 8.73. The zero-order chi connectivity index (χ0) is 19.4. The summed E-state index contributed by atoms with van der Waals surface area (Å²) in [5, 5.41) is 7.26. The number of nitrogens with one attached hydrogen (secondary N) is 1. The van der Waals surface area contributed by atoms with Crippen LogP contribution in [-0.4, -0.2) is 22.8 Å². The Morgan fingerprint density at radius 3 is 2.37 bits per heavy atom. The number of benzene rings is 2. The molecule has 1 N–H and O–H groups in total. The van der Waals surface area contributed by atoms with Gasteiger partial charge >= 0.3 is 0 Å². The van der Waals surface area contributed by atoms with Crippen molar-refractivity contribution in [3.63, 3.8) is 0 Å². The number of ether oxygens (including phenoxy) is 2. The largest absolute Gasteiger partial charge is 0.497 e. The molecule has 1 amide bonds. The lowest BCUT2D eigenvalue weighted by atomic mass is 10.1. The lowest BCUT2D eigenvalue weighted by Gasteiger charge is -2.09. The molecule has 6 heteroatoms. The van der Waals surface area contributed by atoms with Crippen LogP contribution in [0.2, 0.25) is 0 Å². The van der Waals surface area contributed by atoms with Gasteiger partial charge in [-0.3, -0.25) is 9.48 Å². The summed E-state index contributed by atoms with van der Waals surface area (Å²) in [6.07, 6.45) is 0. The number of rotatable bonds is 6. The fraction of sp³-hybridized carbons (Fsp3) is 0.238. The summed E-state index contributed by atoms with van der Waals surface area (Å²) >= 11 is 0. The third kappa shape index (κ3) is 4.47. The lowest BCUT2D eigenvalue weighted by Crippen LogP contribution is -2.15. The molecule has 0 radical (unpaired) electrons. The third-order valence-electron chi connectivity index (χ3n) is 4.11. The Bertz CT molecular complexity index is 930. The van der Waals surface area contributed by atoms with Gasteiger partial charge in [-0.2, -0.15) is 5.10 Å². The molecule has 3 rings (SSSR count). The number of aromatic nitrogens is 2. The highest BCUT2D eigenvalue weighted by Gasteiger charge is 2.15. The fourth-order valence-corrected chi connectivity index (χ4v) is 2.59. The van der Waals surface area contributed by atoms with E-state index in [2.05, 4.69) is 10.4 Å². The molecule has 0 aliphatic heterocycles. The van der Waals surface area contributed by atoms with Gasteiger partial charge in [0.2, 0.25) is 0 Å². The van der Waals surface area contributed by atoms with Crippen molar-refractivity contribution in [1.82, 2.24) is 9.78 Å². The van der Waals surface area contributed by atoms with E-state index in [4.69, 9.17) is 9.47 Å². The van der Waals surface area contributed by atoms with Gasteiger partial charge in [-0.15, -0.1) is 0 Å². The summed E-state index contributed by atoms with van der Waals surface area (Å²) in [6.45, 7) is 4.09. The van der Waals surface area contributed by atoms with Crippen molar-refractivity contribution in [2.24, 2.45) is 7.05 Å². The number of aryl methyl sites for hydroxylation is 1. The Morgan fingerprint density at radius 2 is 1.74 bits per heavy atom. The van der Waals surface area contributed by atoms with Crippen molar-refractivity contribution < 1.29 is 14.3 Å². The highest BCUT2D eigenvalue weighted by atomic mass is 16.5. The highest BCUT2D eigenvalue weighted by molar-refractivity contribution is 6.03. The van der Waals surface area contributed by atoms with E-state index in [1.165, 1.54) is 0 Å². The quantitative estimate of drug-likeness (QED) is 0.693. The molecule has 0 atom stereocenters. The van der Waals surface area contributed by atoms with E-state index in [-0.39, 0.29) is 11.8 Å². The monoisotopic (exact) mass is 365 g/mol. The van der Waals surface area contributed by atoms with Gasteiger partial charge in [0.25, 0.3) is 5.91 Å². The van der Waals surface area contributed by atoms with Crippen LogP contribution in [0.3, 0.4) is 0 Å². The fourth-order valence-electron chi connectivity index (χ4n) is 2.59. The van der Waals surface area contributed by atoms with Gasteiger partial charge in [0, 0.05) is 18.8 Å². The predicted octanol–water partition coefficient (Wildman–Crippen LogP) is 4.60. The van der Waals surface area contributed by atoms with Gasteiger partial charge in [-0.1, -0.05) is 19.9 Å². The minimum atomic E-state index is -0.196. The van der Waals surface area contributed by atoms with Gasteiger partial charge in [-0.05, 0) is 48.4 Å². The summed E-state index contributed by atoms with van der Waals surface area (Å²) in [5.41, 5.74) is 2.10. The summed E-state index contributed by atoms with van der Waals surface area (Å²) in [7, 11) is 3.38. The number of methoxy groups -OCH3 is 1. The maximum atomic E-state index is 12.5. The Kier molecular flexibility index (Phi) is 5.45. The molecule has 0 aliphatic carbocycles. The normalized spacial score (nSPS) is 10.7.